The van der Waals surface area contributed by atoms with Crippen molar-refractivity contribution in [3.63, 3.8) is 0 Å². The van der Waals surface area contributed by atoms with Crippen LogP contribution in [-0.2, 0) is 19.1 Å². The summed E-state index contributed by atoms with van der Waals surface area (Å²) >= 11 is 6.17. The molecular formula is C22H18ClN3O5. The molecule has 0 spiro atoms. The Morgan fingerprint density at radius 1 is 1.32 bits per heavy atom. The standard InChI is InChI=1S/C22H18ClN3O5/c23-15-6-1-2-7-16(15)26-21-18(22(29)30-10-4-9-27)19(28)17(31-21)11-13-12-25-20-14(13)5-3-8-24-20/h1-3,5-8,11-12,18,27H,4,9-10H2,(H,24,25)/b17-11-,26-21?. The van der Waals surface area contributed by atoms with Crippen molar-refractivity contribution in [2.24, 2.45) is 10.9 Å². The van der Waals surface area contributed by atoms with E-state index in [1.165, 1.54) is 6.08 Å². The number of benzene rings is 1. The molecule has 1 aliphatic heterocycles. The van der Waals surface area contributed by atoms with Gasteiger partial charge < -0.3 is 19.6 Å². The number of aliphatic imine (C=N–C) groups is 1. The Morgan fingerprint density at radius 3 is 2.97 bits per heavy atom. The van der Waals surface area contributed by atoms with Gasteiger partial charge in [-0.15, -0.1) is 0 Å². The molecule has 0 aliphatic carbocycles. The van der Waals surface area contributed by atoms with Crippen LogP contribution in [0.3, 0.4) is 0 Å². The van der Waals surface area contributed by atoms with E-state index in [2.05, 4.69) is 15.0 Å². The zero-order valence-electron chi connectivity index (χ0n) is 16.2. The molecule has 0 saturated carbocycles. The lowest BCUT2D eigenvalue weighted by molar-refractivity contribution is -0.148. The number of esters is 1. The number of rotatable bonds is 6. The van der Waals surface area contributed by atoms with E-state index in [4.69, 9.17) is 26.2 Å². The molecule has 0 bridgehead atoms. The number of Topliss-reactive ketones (excluding diaryl/α,β-unsaturated/α-hetero) is 1. The molecule has 2 aromatic heterocycles. The number of para-hydroxylation sites is 1. The van der Waals surface area contributed by atoms with Crippen LogP contribution >= 0.6 is 11.6 Å². The number of carbonyl (C=O) groups excluding carboxylic acids is 2. The van der Waals surface area contributed by atoms with Gasteiger partial charge in [-0.3, -0.25) is 9.59 Å². The minimum atomic E-state index is -1.36. The molecule has 4 rings (SSSR count). The lowest BCUT2D eigenvalue weighted by Gasteiger charge is -2.08. The highest BCUT2D eigenvalue weighted by atomic mass is 35.5. The Hall–Kier alpha value is -3.49. The average molecular weight is 440 g/mol. The third kappa shape index (κ3) is 4.35. The van der Waals surface area contributed by atoms with E-state index < -0.39 is 17.7 Å². The largest absolute Gasteiger partial charge is 0.465 e. The molecule has 31 heavy (non-hydrogen) atoms. The first-order valence-electron chi connectivity index (χ1n) is 9.55. The molecule has 9 heteroatoms. The van der Waals surface area contributed by atoms with Gasteiger partial charge in [0.1, 0.15) is 5.65 Å². The molecule has 8 nitrogen and oxygen atoms in total. The van der Waals surface area contributed by atoms with Crippen LogP contribution in [0.2, 0.25) is 5.02 Å². The lowest BCUT2D eigenvalue weighted by atomic mass is 10.0. The Bertz CT molecular complexity index is 1200. The van der Waals surface area contributed by atoms with Crippen LogP contribution in [0.5, 0.6) is 0 Å². The van der Waals surface area contributed by atoms with E-state index in [1.807, 2.05) is 6.07 Å². The Kier molecular flexibility index (Phi) is 6.11. The molecule has 0 radical (unpaired) electrons. The molecule has 1 aromatic carbocycles. The van der Waals surface area contributed by atoms with Gasteiger partial charge in [-0.05, 0) is 30.3 Å². The van der Waals surface area contributed by atoms with Crippen LogP contribution in [0, 0.1) is 5.92 Å². The normalized spacial score (nSPS) is 18.6. The number of fused-ring (bicyclic) bond motifs is 1. The van der Waals surface area contributed by atoms with Gasteiger partial charge in [0.15, 0.2) is 11.7 Å². The van der Waals surface area contributed by atoms with Crippen LogP contribution in [-0.4, -0.2) is 45.9 Å². The third-order valence-electron chi connectivity index (χ3n) is 4.60. The van der Waals surface area contributed by atoms with Gasteiger partial charge >= 0.3 is 5.97 Å². The second-order valence-electron chi connectivity index (χ2n) is 6.70. The minimum Gasteiger partial charge on any atom is -0.465 e. The molecule has 158 valence electrons. The van der Waals surface area contributed by atoms with E-state index >= 15 is 0 Å². The number of aromatic amines is 1. The van der Waals surface area contributed by atoms with Gasteiger partial charge in [-0.2, -0.15) is 0 Å². The highest BCUT2D eigenvalue weighted by Crippen LogP contribution is 2.31. The molecule has 1 aliphatic rings. The van der Waals surface area contributed by atoms with Crippen molar-refractivity contribution in [3.05, 3.63) is 65.1 Å². The van der Waals surface area contributed by atoms with Crippen LogP contribution < -0.4 is 0 Å². The van der Waals surface area contributed by atoms with Crippen molar-refractivity contribution in [2.75, 3.05) is 13.2 Å². The second-order valence-corrected chi connectivity index (χ2v) is 7.10. The number of halogens is 1. The summed E-state index contributed by atoms with van der Waals surface area (Å²) in [5.41, 5.74) is 1.69. The Morgan fingerprint density at radius 2 is 2.16 bits per heavy atom. The number of nitrogens with zero attached hydrogens (tertiary/aromatic N) is 2. The summed E-state index contributed by atoms with van der Waals surface area (Å²) in [5.74, 6) is -2.88. The number of hydrogen-bond donors (Lipinski definition) is 2. The molecule has 2 N–H and O–H groups in total. The summed E-state index contributed by atoms with van der Waals surface area (Å²) in [6.45, 7) is -0.158. The molecular weight excluding hydrogens is 422 g/mol. The zero-order chi connectivity index (χ0) is 21.8. The first-order valence-corrected chi connectivity index (χ1v) is 9.92. The van der Waals surface area contributed by atoms with Gasteiger partial charge in [0.2, 0.25) is 11.7 Å². The number of aliphatic hydroxyl groups excluding tert-OH is 1. The van der Waals surface area contributed by atoms with E-state index in [9.17, 15) is 9.59 Å². The molecule has 1 saturated heterocycles. The van der Waals surface area contributed by atoms with E-state index in [-0.39, 0.29) is 31.3 Å². The fourth-order valence-electron chi connectivity index (χ4n) is 3.09. The number of ether oxygens (including phenoxy) is 2. The van der Waals surface area contributed by atoms with Gasteiger partial charge in [0, 0.05) is 36.4 Å². The zero-order valence-corrected chi connectivity index (χ0v) is 17.0. The molecule has 3 heterocycles. The fourth-order valence-corrected chi connectivity index (χ4v) is 3.27. The topological polar surface area (TPSA) is 114 Å². The van der Waals surface area contributed by atoms with E-state index in [0.717, 1.165) is 5.39 Å². The smallest absolute Gasteiger partial charge is 0.326 e. The number of allylic oxidation sites excluding steroid dienone is 1. The third-order valence-corrected chi connectivity index (χ3v) is 4.92. The summed E-state index contributed by atoms with van der Waals surface area (Å²) in [5, 5.41) is 10.0. The van der Waals surface area contributed by atoms with Gasteiger partial charge in [0.05, 0.1) is 17.3 Å². The maximum Gasteiger partial charge on any atom is 0.326 e. The quantitative estimate of drug-likeness (QED) is 0.263. The maximum atomic E-state index is 13.0. The monoisotopic (exact) mass is 439 g/mol. The molecule has 3 aromatic rings. The fraction of sp³-hybridized carbons (Fsp3) is 0.182. The van der Waals surface area contributed by atoms with Gasteiger partial charge in [-0.25, -0.2) is 9.98 Å². The predicted octanol–water partition coefficient (Wildman–Crippen LogP) is 3.43. The number of hydrogen-bond acceptors (Lipinski definition) is 7. The first kappa shape index (κ1) is 20.8. The van der Waals surface area contributed by atoms with Crippen molar-refractivity contribution < 1.29 is 24.2 Å². The SMILES string of the molecule is O=C(OCCCO)C1C(=O)/C(=C/c2c[nH]c3ncccc23)OC1=Nc1ccccc1Cl. The number of aliphatic hydroxyl groups is 1. The number of pyridine rings is 1. The number of aromatic nitrogens is 2. The molecule has 0 amide bonds. The highest BCUT2D eigenvalue weighted by molar-refractivity contribution is 6.33. The first-order chi connectivity index (χ1) is 15.1. The predicted molar refractivity (Wildman–Crippen MR) is 115 cm³/mol. The maximum absolute atomic E-state index is 13.0. The van der Waals surface area contributed by atoms with Crippen LogP contribution in [0.1, 0.15) is 12.0 Å². The highest BCUT2D eigenvalue weighted by Gasteiger charge is 2.45. The number of H-pyrrole nitrogens is 1. The van der Waals surface area contributed by atoms with Crippen molar-refractivity contribution >= 4 is 52.0 Å². The van der Waals surface area contributed by atoms with Crippen LogP contribution in [0.4, 0.5) is 5.69 Å². The van der Waals surface area contributed by atoms with Gasteiger partial charge in [0.25, 0.3) is 0 Å². The number of nitrogens with one attached hydrogen (secondary N) is 1. The van der Waals surface area contributed by atoms with Crippen molar-refractivity contribution in [1.29, 1.82) is 0 Å². The molecule has 1 atom stereocenters. The molecule has 1 unspecified atom stereocenters. The van der Waals surface area contributed by atoms with Crippen LogP contribution in [0.25, 0.3) is 17.1 Å². The number of carbonyl (C=O) groups is 2. The summed E-state index contributed by atoms with van der Waals surface area (Å²) < 4.78 is 10.8. The Labute approximate surface area is 182 Å². The summed E-state index contributed by atoms with van der Waals surface area (Å²) in [6.07, 6.45) is 5.14. The van der Waals surface area contributed by atoms with Crippen LogP contribution in [0.15, 0.2) is 59.5 Å². The lowest BCUT2D eigenvalue weighted by Crippen LogP contribution is -2.28. The van der Waals surface area contributed by atoms with E-state index in [0.29, 0.717) is 21.9 Å². The average Bonchev–Trinajstić information content (AvgIpc) is 3.31. The number of ketones is 1. The van der Waals surface area contributed by atoms with E-state index in [1.54, 1.807) is 42.7 Å². The summed E-state index contributed by atoms with van der Waals surface area (Å²) in [4.78, 5) is 37.2. The van der Waals surface area contributed by atoms with Crippen molar-refractivity contribution in [3.8, 4) is 0 Å². The summed E-state index contributed by atoms with van der Waals surface area (Å²) in [7, 11) is 0. The van der Waals surface area contributed by atoms with Crippen molar-refractivity contribution in [2.45, 2.75) is 6.42 Å². The second kappa shape index (κ2) is 9.11. The molecule has 1 fully saturated rings. The summed E-state index contributed by atoms with van der Waals surface area (Å²) in [6, 6.07) is 10.4. The van der Waals surface area contributed by atoms with Crippen molar-refractivity contribution in [1.82, 2.24) is 9.97 Å². The minimum absolute atomic E-state index is 0.0222. The van der Waals surface area contributed by atoms with Gasteiger partial charge in [-0.1, -0.05) is 23.7 Å². The Balaban J connectivity index is 1.71.